The third-order valence-electron chi connectivity index (χ3n) is 5.24. The molecule has 8 heteroatoms. The Morgan fingerprint density at radius 2 is 1.91 bits per heavy atom. The van der Waals surface area contributed by atoms with E-state index in [4.69, 9.17) is 4.74 Å². The molecule has 0 saturated carbocycles. The highest BCUT2D eigenvalue weighted by Gasteiger charge is 2.28. The number of hydrogen-bond acceptors (Lipinski definition) is 6. The summed E-state index contributed by atoms with van der Waals surface area (Å²) in [4.78, 5) is 26.2. The Kier molecular flexibility index (Phi) is 6.05. The minimum Gasteiger partial charge on any atom is -0.464 e. The highest BCUT2D eigenvalue weighted by molar-refractivity contribution is 7.91. The van der Waals surface area contributed by atoms with Gasteiger partial charge in [0, 0.05) is 5.39 Å². The van der Waals surface area contributed by atoms with Crippen LogP contribution in [0.4, 0.5) is 0 Å². The molecule has 0 radical (unpaired) electrons. The molecular formula is C24H22N2O5S. The van der Waals surface area contributed by atoms with Crippen molar-refractivity contribution in [3.63, 3.8) is 0 Å². The van der Waals surface area contributed by atoms with E-state index >= 15 is 0 Å². The zero-order valence-corrected chi connectivity index (χ0v) is 18.3. The largest absolute Gasteiger partial charge is 0.464 e. The predicted octanol–water partition coefficient (Wildman–Crippen LogP) is 3.61. The molecule has 0 bridgehead atoms. The number of nitrogens with zero attached hydrogens (tertiary/aromatic N) is 2. The van der Waals surface area contributed by atoms with Crippen molar-refractivity contribution in [1.82, 2.24) is 9.78 Å². The molecule has 3 aromatic rings. The van der Waals surface area contributed by atoms with Gasteiger partial charge in [-0.3, -0.25) is 4.79 Å². The summed E-state index contributed by atoms with van der Waals surface area (Å²) in [5.74, 6) is -0.567. The standard InChI is InChI=1S/C24H22N2O5S/c1-2-31-24(28)22(17-9-5-3-6-10-17)26-23(27)21-14-13-20(15-18(21)16-25-26)32(29,30)19-11-7-4-8-12-19/h4-5,7-16,22H,2-3,6H2,1H3. The second-order valence-electron chi connectivity index (χ2n) is 7.30. The highest BCUT2D eigenvalue weighted by Crippen LogP contribution is 2.26. The van der Waals surface area contributed by atoms with Crippen LogP contribution in [0.1, 0.15) is 25.8 Å². The molecule has 0 saturated heterocycles. The SMILES string of the molecule is CCOC(=O)C(C1=CCCC=C1)n1ncc2cc(S(=O)(=O)c3ccccc3)ccc2c1=O. The van der Waals surface area contributed by atoms with E-state index in [0.29, 0.717) is 11.0 Å². The second-order valence-corrected chi connectivity index (χ2v) is 9.25. The normalized spacial score (nSPS) is 14.7. The molecule has 32 heavy (non-hydrogen) atoms. The summed E-state index contributed by atoms with van der Waals surface area (Å²) in [6.45, 7) is 1.88. The topological polar surface area (TPSA) is 95.3 Å². The van der Waals surface area contributed by atoms with E-state index in [-0.39, 0.29) is 21.8 Å². The summed E-state index contributed by atoms with van der Waals surface area (Å²) in [6.07, 6.45) is 8.66. The summed E-state index contributed by atoms with van der Waals surface area (Å²) >= 11 is 0. The monoisotopic (exact) mass is 450 g/mol. The molecule has 1 aliphatic carbocycles. The summed E-state index contributed by atoms with van der Waals surface area (Å²) < 4.78 is 32.2. The molecule has 1 aliphatic rings. The van der Waals surface area contributed by atoms with Gasteiger partial charge in [0.05, 0.1) is 28.0 Å². The molecule has 2 aromatic carbocycles. The highest BCUT2D eigenvalue weighted by atomic mass is 32.2. The van der Waals surface area contributed by atoms with Gasteiger partial charge in [-0.1, -0.05) is 36.4 Å². The molecule has 1 heterocycles. The molecular weight excluding hydrogens is 428 g/mol. The van der Waals surface area contributed by atoms with Gasteiger partial charge in [0.25, 0.3) is 5.56 Å². The van der Waals surface area contributed by atoms with Gasteiger partial charge in [0.15, 0.2) is 6.04 Å². The summed E-state index contributed by atoms with van der Waals surface area (Å²) in [6, 6.07) is 11.4. The smallest absolute Gasteiger partial charge is 0.335 e. The van der Waals surface area contributed by atoms with E-state index in [1.54, 1.807) is 31.2 Å². The third-order valence-corrected chi connectivity index (χ3v) is 7.01. The number of carbonyl (C=O) groups excluding carboxylic acids is 1. The van der Waals surface area contributed by atoms with Crippen molar-refractivity contribution in [3.05, 3.63) is 88.9 Å². The van der Waals surface area contributed by atoms with E-state index in [1.165, 1.54) is 36.5 Å². The average molecular weight is 451 g/mol. The Balaban J connectivity index is 1.81. The van der Waals surface area contributed by atoms with Crippen LogP contribution in [-0.2, 0) is 19.4 Å². The van der Waals surface area contributed by atoms with Crippen molar-refractivity contribution in [2.24, 2.45) is 0 Å². The van der Waals surface area contributed by atoms with Crippen LogP contribution in [-0.4, -0.2) is 30.8 Å². The van der Waals surface area contributed by atoms with Crippen molar-refractivity contribution >= 4 is 26.6 Å². The van der Waals surface area contributed by atoms with Crippen molar-refractivity contribution in [3.8, 4) is 0 Å². The van der Waals surface area contributed by atoms with E-state index in [1.807, 2.05) is 12.2 Å². The van der Waals surface area contributed by atoms with E-state index in [2.05, 4.69) is 5.10 Å². The van der Waals surface area contributed by atoms with E-state index < -0.39 is 27.4 Å². The number of hydrogen-bond donors (Lipinski definition) is 0. The molecule has 0 aliphatic heterocycles. The maximum absolute atomic E-state index is 13.2. The maximum atomic E-state index is 13.2. The Labute approximate surface area is 185 Å². The van der Waals surface area contributed by atoms with Crippen LogP contribution >= 0.6 is 0 Å². The lowest BCUT2D eigenvalue weighted by Crippen LogP contribution is -2.34. The maximum Gasteiger partial charge on any atom is 0.335 e. The number of sulfone groups is 1. The number of allylic oxidation sites excluding steroid dienone is 3. The van der Waals surface area contributed by atoms with Crippen molar-refractivity contribution in [2.45, 2.75) is 35.6 Å². The number of carbonyl (C=O) groups is 1. The first-order chi connectivity index (χ1) is 15.4. The summed E-state index contributed by atoms with van der Waals surface area (Å²) in [5.41, 5.74) is 0.149. The van der Waals surface area contributed by atoms with Crippen LogP contribution in [0.25, 0.3) is 10.8 Å². The molecule has 1 atom stereocenters. The predicted molar refractivity (Wildman–Crippen MR) is 120 cm³/mol. The third kappa shape index (κ3) is 4.01. The number of esters is 1. The lowest BCUT2D eigenvalue weighted by atomic mass is 10.00. The molecule has 0 N–H and O–H groups in total. The van der Waals surface area contributed by atoms with Crippen LogP contribution < -0.4 is 5.56 Å². The van der Waals surface area contributed by atoms with Crippen LogP contribution in [0.2, 0.25) is 0 Å². The number of ether oxygens (including phenoxy) is 1. The van der Waals surface area contributed by atoms with Crippen molar-refractivity contribution in [2.75, 3.05) is 6.61 Å². The molecule has 0 fully saturated rings. The summed E-state index contributed by atoms with van der Waals surface area (Å²) in [7, 11) is -3.74. The first kappa shape index (κ1) is 21.7. The Hall–Kier alpha value is -3.52. The number of aromatic nitrogens is 2. The van der Waals surface area contributed by atoms with Gasteiger partial charge < -0.3 is 4.74 Å². The minimum absolute atomic E-state index is 0.0648. The minimum atomic E-state index is -3.74. The zero-order chi connectivity index (χ0) is 22.7. The molecule has 0 spiro atoms. The van der Waals surface area contributed by atoms with Crippen LogP contribution in [0.5, 0.6) is 0 Å². The van der Waals surface area contributed by atoms with Gasteiger partial charge in [-0.15, -0.1) is 0 Å². The van der Waals surface area contributed by atoms with Crippen LogP contribution in [0.3, 0.4) is 0 Å². The van der Waals surface area contributed by atoms with E-state index in [9.17, 15) is 18.0 Å². The number of rotatable bonds is 6. The Bertz CT molecular complexity index is 1390. The molecule has 1 unspecified atom stereocenters. The summed E-state index contributed by atoms with van der Waals surface area (Å²) in [5, 5.41) is 4.85. The van der Waals surface area contributed by atoms with Crippen molar-refractivity contribution < 1.29 is 17.9 Å². The van der Waals surface area contributed by atoms with Gasteiger partial charge in [-0.05, 0) is 55.7 Å². The fourth-order valence-electron chi connectivity index (χ4n) is 3.66. The van der Waals surface area contributed by atoms with Gasteiger partial charge in [0.1, 0.15) is 0 Å². The lowest BCUT2D eigenvalue weighted by Gasteiger charge is -2.20. The van der Waals surface area contributed by atoms with Gasteiger partial charge in [0.2, 0.25) is 9.84 Å². The van der Waals surface area contributed by atoms with E-state index in [0.717, 1.165) is 17.5 Å². The molecule has 4 rings (SSSR count). The first-order valence-electron chi connectivity index (χ1n) is 10.3. The molecule has 7 nitrogen and oxygen atoms in total. The Morgan fingerprint density at radius 1 is 1.12 bits per heavy atom. The first-order valence-corrected chi connectivity index (χ1v) is 11.8. The quantitative estimate of drug-likeness (QED) is 0.533. The zero-order valence-electron chi connectivity index (χ0n) is 17.5. The fraction of sp³-hybridized carbons (Fsp3) is 0.208. The molecule has 1 aromatic heterocycles. The second kappa shape index (κ2) is 8.92. The van der Waals surface area contributed by atoms with Gasteiger partial charge >= 0.3 is 5.97 Å². The number of fused-ring (bicyclic) bond motifs is 1. The van der Waals surface area contributed by atoms with Crippen LogP contribution in [0, 0.1) is 0 Å². The lowest BCUT2D eigenvalue weighted by molar-refractivity contribution is -0.146. The average Bonchev–Trinajstić information content (AvgIpc) is 2.82. The molecule has 164 valence electrons. The number of benzene rings is 2. The van der Waals surface area contributed by atoms with Gasteiger partial charge in [-0.25, -0.2) is 17.9 Å². The van der Waals surface area contributed by atoms with Gasteiger partial charge in [-0.2, -0.15) is 5.10 Å². The fourth-order valence-corrected chi connectivity index (χ4v) is 4.98. The van der Waals surface area contributed by atoms with Crippen molar-refractivity contribution in [1.29, 1.82) is 0 Å². The molecule has 0 amide bonds. The van der Waals surface area contributed by atoms with Crippen LogP contribution in [0.15, 0.2) is 93.1 Å². The Morgan fingerprint density at radius 3 is 2.59 bits per heavy atom.